The van der Waals surface area contributed by atoms with E-state index in [0.717, 1.165) is 33.9 Å². The van der Waals surface area contributed by atoms with Gasteiger partial charge in [-0.25, -0.2) is 4.68 Å². The molecule has 1 amide bonds. The Balaban J connectivity index is 1.77. The van der Waals surface area contributed by atoms with Crippen molar-refractivity contribution >= 4 is 23.3 Å². The number of aromatic nitrogens is 2. The lowest BCUT2D eigenvalue weighted by Gasteiger charge is -2.24. The van der Waals surface area contributed by atoms with E-state index < -0.39 is 0 Å². The number of fused-ring (bicyclic) bond motifs is 1. The second kappa shape index (κ2) is 7.22. The minimum atomic E-state index is -0.0666. The van der Waals surface area contributed by atoms with Gasteiger partial charge in [-0.15, -0.1) is 0 Å². The van der Waals surface area contributed by atoms with E-state index in [1.807, 2.05) is 77.5 Å². The first kappa shape index (κ1) is 17.7. The first-order valence-electron chi connectivity index (χ1n) is 9.50. The standard InChI is InChI=1S/C24H18ClN3O/c25-18-13-11-17(12-14-18)23-22-20(16-7-3-1-4-8-16)15-21(29)26-24(22)28(27-23)19-9-5-2-6-10-19/h1-14,20H,15H2,(H,26,29)/t20-/m0/s1. The number of anilines is 1. The summed E-state index contributed by atoms with van der Waals surface area (Å²) in [5, 5.41) is 8.67. The summed E-state index contributed by atoms with van der Waals surface area (Å²) in [5.41, 5.74) is 4.86. The first-order chi connectivity index (χ1) is 14.2. The van der Waals surface area contributed by atoms with Gasteiger partial charge >= 0.3 is 0 Å². The van der Waals surface area contributed by atoms with Gasteiger partial charge < -0.3 is 5.32 Å². The zero-order chi connectivity index (χ0) is 19.8. The number of carbonyl (C=O) groups excluding carboxylic acids is 1. The Morgan fingerprint density at radius 2 is 1.55 bits per heavy atom. The van der Waals surface area contributed by atoms with Crippen LogP contribution < -0.4 is 5.32 Å². The van der Waals surface area contributed by atoms with E-state index in [1.54, 1.807) is 0 Å². The molecule has 1 N–H and O–H groups in total. The van der Waals surface area contributed by atoms with E-state index >= 15 is 0 Å². The Hall–Kier alpha value is -3.37. The number of hydrogen-bond acceptors (Lipinski definition) is 2. The Kier molecular flexibility index (Phi) is 4.41. The summed E-state index contributed by atoms with van der Waals surface area (Å²) in [6.45, 7) is 0. The summed E-state index contributed by atoms with van der Waals surface area (Å²) in [7, 11) is 0. The molecule has 3 aromatic carbocycles. The van der Waals surface area contributed by atoms with Crippen LogP contribution in [0.5, 0.6) is 0 Å². The van der Waals surface area contributed by atoms with Crippen LogP contribution in [0.1, 0.15) is 23.5 Å². The summed E-state index contributed by atoms with van der Waals surface area (Å²) in [6, 6.07) is 27.7. The Morgan fingerprint density at radius 3 is 2.24 bits per heavy atom. The summed E-state index contributed by atoms with van der Waals surface area (Å²) >= 11 is 6.10. The summed E-state index contributed by atoms with van der Waals surface area (Å²) in [5.74, 6) is 0.653. The third kappa shape index (κ3) is 3.22. The molecule has 0 spiro atoms. The number of para-hydroxylation sites is 1. The van der Waals surface area contributed by atoms with Crippen LogP contribution in [-0.2, 0) is 4.79 Å². The van der Waals surface area contributed by atoms with E-state index in [-0.39, 0.29) is 11.8 Å². The number of nitrogens with zero attached hydrogens (tertiary/aromatic N) is 2. The minimum absolute atomic E-state index is 0.00825. The number of halogens is 1. The fraction of sp³-hybridized carbons (Fsp3) is 0.0833. The van der Waals surface area contributed by atoms with Gasteiger partial charge in [-0.1, -0.05) is 72.3 Å². The molecule has 5 heteroatoms. The molecule has 29 heavy (non-hydrogen) atoms. The number of rotatable bonds is 3. The molecule has 0 saturated carbocycles. The molecule has 0 saturated heterocycles. The summed E-state index contributed by atoms with van der Waals surface area (Å²) in [4.78, 5) is 12.6. The van der Waals surface area contributed by atoms with Crippen molar-refractivity contribution in [1.29, 1.82) is 0 Å². The highest BCUT2D eigenvalue weighted by molar-refractivity contribution is 6.30. The van der Waals surface area contributed by atoms with Gasteiger partial charge in [0.1, 0.15) is 5.82 Å². The van der Waals surface area contributed by atoms with Crippen molar-refractivity contribution in [3.05, 3.63) is 101 Å². The van der Waals surface area contributed by atoms with Crippen molar-refractivity contribution in [3.63, 3.8) is 0 Å². The summed E-state index contributed by atoms with van der Waals surface area (Å²) < 4.78 is 1.83. The maximum Gasteiger partial charge on any atom is 0.226 e. The lowest BCUT2D eigenvalue weighted by molar-refractivity contribution is -0.116. The van der Waals surface area contributed by atoms with Gasteiger partial charge in [0.25, 0.3) is 0 Å². The van der Waals surface area contributed by atoms with E-state index in [9.17, 15) is 4.79 Å². The molecule has 0 radical (unpaired) electrons. The molecule has 0 aliphatic carbocycles. The van der Waals surface area contributed by atoms with Crippen molar-refractivity contribution in [3.8, 4) is 16.9 Å². The van der Waals surface area contributed by atoms with Gasteiger partial charge in [0.05, 0.1) is 11.4 Å². The predicted molar refractivity (Wildman–Crippen MR) is 116 cm³/mol. The number of nitrogens with one attached hydrogen (secondary N) is 1. The zero-order valence-electron chi connectivity index (χ0n) is 15.5. The van der Waals surface area contributed by atoms with Crippen LogP contribution in [0.4, 0.5) is 5.82 Å². The molecule has 0 bridgehead atoms. The molecule has 4 aromatic rings. The monoisotopic (exact) mass is 399 g/mol. The SMILES string of the molecule is O=C1C[C@@H](c2ccccc2)c2c(-c3ccc(Cl)cc3)nn(-c3ccccc3)c2N1. The number of amides is 1. The maximum atomic E-state index is 12.6. The lowest BCUT2D eigenvalue weighted by Crippen LogP contribution is -2.24. The highest BCUT2D eigenvalue weighted by Gasteiger charge is 2.34. The van der Waals surface area contributed by atoms with Gasteiger partial charge in [0, 0.05) is 28.5 Å². The number of carbonyl (C=O) groups is 1. The topological polar surface area (TPSA) is 46.9 Å². The fourth-order valence-electron chi connectivity index (χ4n) is 3.90. The molecule has 1 aromatic heterocycles. The van der Waals surface area contributed by atoms with E-state index in [1.165, 1.54) is 0 Å². The Bertz CT molecular complexity index is 1170. The molecule has 1 aliphatic heterocycles. The van der Waals surface area contributed by atoms with Gasteiger partial charge in [-0.05, 0) is 29.8 Å². The second-order valence-corrected chi connectivity index (χ2v) is 7.52. The maximum absolute atomic E-state index is 12.6. The van der Waals surface area contributed by atoms with Crippen LogP contribution in [0.2, 0.25) is 5.02 Å². The first-order valence-corrected chi connectivity index (χ1v) is 9.87. The average Bonchev–Trinajstić information content (AvgIpc) is 3.14. The van der Waals surface area contributed by atoms with Crippen LogP contribution in [-0.4, -0.2) is 15.7 Å². The van der Waals surface area contributed by atoms with Crippen molar-refractivity contribution in [1.82, 2.24) is 9.78 Å². The molecule has 5 rings (SSSR count). The second-order valence-electron chi connectivity index (χ2n) is 7.08. The highest BCUT2D eigenvalue weighted by atomic mass is 35.5. The highest BCUT2D eigenvalue weighted by Crippen LogP contribution is 2.43. The van der Waals surface area contributed by atoms with Crippen LogP contribution in [0.3, 0.4) is 0 Å². The largest absolute Gasteiger partial charge is 0.310 e. The van der Waals surface area contributed by atoms with Gasteiger partial charge in [0.2, 0.25) is 5.91 Å². The van der Waals surface area contributed by atoms with E-state index in [2.05, 4.69) is 17.4 Å². The molecular weight excluding hydrogens is 382 g/mol. The molecule has 4 nitrogen and oxygen atoms in total. The van der Waals surface area contributed by atoms with Gasteiger partial charge in [-0.3, -0.25) is 4.79 Å². The van der Waals surface area contributed by atoms with Crippen molar-refractivity contribution < 1.29 is 4.79 Å². The van der Waals surface area contributed by atoms with Crippen LogP contribution in [0.15, 0.2) is 84.9 Å². The van der Waals surface area contributed by atoms with Crippen LogP contribution >= 0.6 is 11.6 Å². The van der Waals surface area contributed by atoms with E-state index in [0.29, 0.717) is 11.4 Å². The third-order valence-electron chi connectivity index (χ3n) is 5.24. The van der Waals surface area contributed by atoms with Crippen molar-refractivity contribution in [2.45, 2.75) is 12.3 Å². The molecule has 0 fully saturated rings. The minimum Gasteiger partial charge on any atom is -0.310 e. The Labute approximate surface area is 173 Å². The Morgan fingerprint density at radius 1 is 0.897 bits per heavy atom. The van der Waals surface area contributed by atoms with E-state index in [4.69, 9.17) is 16.7 Å². The molecule has 1 aliphatic rings. The zero-order valence-corrected chi connectivity index (χ0v) is 16.3. The third-order valence-corrected chi connectivity index (χ3v) is 5.49. The van der Waals surface area contributed by atoms with Crippen molar-refractivity contribution in [2.75, 3.05) is 5.32 Å². The van der Waals surface area contributed by atoms with Gasteiger partial charge in [-0.2, -0.15) is 5.10 Å². The number of benzene rings is 3. The number of hydrogen-bond donors (Lipinski definition) is 1. The molecular formula is C24H18ClN3O. The van der Waals surface area contributed by atoms with Crippen LogP contribution in [0.25, 0.3) is 16.9 Å². The molecule has 1 atom stereocenters. The normalized spacial score (nSPS) is 15.6. The van der Waals surface area contributed by atoms with Crippen LogP contribution in [0, 0.1) is 0 Å². The quantitative estimate of drug-likeness (QED) is 0.482. The lowest BCUT2D eigenvalue weighted by atomic mass is 9.84. The van der Waals surface area contributed by atoms with Gasteiger partial charge in [0.15, 0.2) is 0 Å². The smallest absolute Gasteiger partial charge is 0.226 e. The molecule has 0 unspecified atom stereocenters. The fourth-order valence-corrected chi connectivity index (χ4v) is 4.02. The average molecular weight is 400 g/mol. The molecule has 2 heterocycles. The molecule has 142 valence electrons. The summed E-state index contributed by atoms with van der Waals surface area (Å²) in [6.07, 6.45) is 0.387. The predicted octanol–water partition coefficient (Wildman–Crippen LogP) is 5.67. The van der Waals surface area contributed by atoms with Crippen molar-refractivity contribution in [2.24, 2.45) is 0 Å².